The fourth-order valence-electron chi connectivity index (χ4n) is 3.53. The van der Waals surface area contributed by atoms with Crippen LogP contribution in [-0.4, -0.2) is 21.6 Å². The fraction of sp³-hybridized carbons (Fsp3) is 0.227. The van der Waals surface area contributed by atoms with E-state index in [1.807, 2.05) is 30.3 Å². The van der Waals surface area contributed by atoms with Crippen molar-refractivity contribution in [3.8, 4) is 0 Å². The molecule has 4 rings (SSSR count). The molecule has 0 spiro atoms. The Morgan fingerprint density at radius 2 is 2.03 bits per heavy atom. The van der Waals surface area contributed by atoms with E-state index in [9.17, 15) is 9.59 Å². The highest BCUT2D eigenvalue weighted by atomic mass is 35.5. The molecule has 1 aliphatic heterocycles. The predicted molar refractivity (Wildman–Crippen MR) is 118 cm³/mol. The first-order chi connectivity index (χ1) is 14.5. The highest BCUT2D eigenvalue weighted by molar-refractivity contribution is 6.35. The normalized spacial score (nSPS) is 15.4. The largest absolute Gasteiger partial charge is 0.326 e. The summed E-state index contributed by atoms with van der Waals surface area (Å²) in [5, 5.41) is 11.2. The topological polar surface area (TPSA) is 76.0 Å². The summed E-state index contributed by atoms with van der Waals surface area (Å²) >= 11 is 12.2. The molecule has 3 aromatic rings. The van der Waals surface area contributed by atoms with Crippen LogP contribution in [0, 0.1) is 5.92 Å². The van der Waals surface area contributed by atoms with Gasteiger partial charge < -0.3 is 10.6 Å². The molecule has 0 saturated carbocycles. The van der Waals surface area contributed by atoms with Crippen LogP contribution in [0.15, 0.2) is 54.7 Å². The minimum atomic E-state index is -0.219. The minimum Gasteiger partial charge on any atom is -0.326 e. The molecule has 1 aromatic heterocycles. The van der Waals surface area contributed by atoms with E-state index in [2.05, 4.69) is 15.7 Å². The van der Waals surface area contributed by atoms with Gasteiger partial charge in [-0.2, -0.15) is 5.10 Å². The molecule has 2 N–H and O–H groups in total. The summed E-state index contributed by atoms with van der Waals surface area (Å²) in [4.78, 5) is 24.8. The number of carbonyl (C=O) groups is 2. The number of hydrogen-bond donors (Lipinski definition) is 2. The Labute approximate surface area is 184 Å². The van der Waals surface area contributed by atoms with Crippen molar-refractivity contribution in [2.24, 2.45) is 5.92 Å². The average molecular weight is 443 g/mol. The highest BCUT2D eigenvalue weighted by Crippen LogP contribution is 2.28. The van der Waals surface area contributed by atoms with Crippen LogP contribution in [0.2, 0.25) is 10.0 Å². The van der Waals surface area contributed by atoms with Gasteiger partial charge in [-0.3, -0.25) is 9.59 Å². The highest BCUT2D eigenvalue weighted by Gasteiger charge is 2.26. The Hall–Kier alpha value is -2.83. The molecular weight excluding hydrogens is 423 g/mol. The first-order valence-electron chi connectivity index (χ1n) is 9.64. The van der Waals surface area contributed by atoms with Gasteiger partial charge in [0.25, 0.3) is 0 Å². The number of fused-ring (bicyclic) bond motifs is 1. The Morgan fingerprint density at radius 3 is 2.87 bits per heavy atom. The lowest BCUT2D eigenvalue weighted by atomic mass is 9.89. The summed E-state index contributed by atoms with van der Waals surface area (Å²) in [5.74, 6) is 0.155. The number of benzene rings is 2. The van der Waals surface area contributed by atoms with Crippen LogP contribution in [-0.2, 0) is 22.6 Å². The summed E-state index contributed by atoms with van der Waals surface area (Å²) in [6.45, 7) is 0.403. The fourth-order valence-corrected chi connectivity index (χ4v) is 4.00. The van der Waals surface area contributed by atoms with Gasteiger partial charge in [-0.15, -0.1) is 0 Å². The summed E-state index contributed by atoms with van der Waals surface area (Å²) < 4.78 is 1.66. The van der Waals surface area contributed by atoms with E-state index in [4.69, 9.17) is 23.2 Å². The minimum absolute atomic E-state index is 0.0380. The van der Waals surface area contributed by atoms with Gasteiger partial charge >= 0.3 is 0 Å². The van der Waals surface area contributed by atoms with Crippen LogP contribution in [0.4, 0.5) is 11.5 Å². The van der Waals surface area contributed by atoms with Crippen LogP contribution in [0.1, 0.15) is 24.0 Å². The van der Waals surface area contributed by atoms with Gasteiger partial charge in [-0.1, -0.05) is 47.5 Å². The summed E-state index contributed by atoms with van der Waals surface area (Å²) in [6.07, 6.45) is 2.98. The van der Waals surface area contributed by atoms with E-state index in [1.165, 1.54) is 0 Å². The predicted octanol–water partition coefficient (Wildman–Crippen LogP) is 4.77. The molecule has 0 radical (unpaired) electrons. The maximum Gasteiger partial charge on any atom is 0.227 e. The number of halogens is 2. The molecule has 2 amide bonds. The molecule has 0 bridgehead atoms. The number of para-hydroxylation sites is 1. The van der Waals surface area contributed by atoms with Gasteiger partial charge in [0.15, 0.2) is 0 Å². The van der Waals surface area contributed by atoms with Crippen LogP contribution in [0.5, 0.6) is 0 Å². The van der Waals surface area contributed by atoms with Gasteiger partial charge in [0.1, 0.15) is 5.82 Å². The molecule has 1 atom stereocenters. The van der Waals surface area contributed by atoms with Gasteiger partial charge in [-0.25, -0.2) is 4.68 Å². The van der Waals surface area contributed by atoms with Crippen molar-refractivity contribution in [2.75, 3.05) is 10.6 Å². The summed E-state index contributed by atoms with van der Waals surface area (Å²) in [6, 6.07) is 14.7. The number of nitrogens with zero attached hydrogens (tertiary/aromatic N) is 2. The van der Waals surface area contributed by atoms with Gasteiger partial charge in [0.05, 0.1) is 12.7 Å². The second-order valence-corrected chi connectivity index (χ2v) is 8.09. The number of rotatable bonds is 6. The van der Waals surface area contributed by atoms with Crippen LogP contribution in [0.25, 0.3) is 0 Å². The number of hydrogen-bond acceptors (Lipinski definition) is 3. The Bertz CT molecular complexity index is 1100. The molecular formula is C22H20Cl2N4O2. The number of anilines is 2. The van der Waals surface area contributed by atoms with E-state index in [0.29, 0.717) is 35.2 Å². The second-order valence-electron chi connectivity index (χ2n) is 7.24. The monoisotopic (exact) mass is 442 g/mol. The molecule has 0 fully saturated rings. The van der Waals surface area contributed by atoms with E-state index in [0.717, 1.165) is 16.8 Å². The smallest absolute Gasteiger partial charge is 0.227 e. The zero-order chi connectivity index (χ0) is 21.1. The van der Waals surface area contributed by atoms with Gasteiger partial charge in [-0.05, 0) is 42.2 Å². The Morgan fingerprint density at radius 1 is 1.20 bits per heavy atom. The maximum absolute atomic E-state index is 12.5. The first kappa shape index (κ1) is 20.4. The molecule has 8 heteroatoms. The number of carbonyl (C=O) groups excluding carboxylic acids is 2. The van der Waals surface area contributed by atoms with E-state index < -0.39 is 0 Å². The molecule has 0 unspecified atom stereocenters. The van der Waals surface area contributed by atoms with Crippen molar-refractivity contribution in [3.63, 3.8) is 0 Å². The lowest BCUT2D eigenvalue weighted by molar-refractivity contribution is -0.121. The molecule has 30 heavy (non-hydrogen) atoms. The third-order valence-electron chi connectivity index (χ3n) is 5.15. The molecule has 0 saturated heterocycles. The van der Waals surface area contributed by atoms with Crippen LogP contribution < -0.4 is 10.6 Å². The number of aromatic nitrogens is 2. The van der Waals surface area contributed by atoms with E-state index >= 15 is 0 Å². The van der Waals surface area contributed by atoms with Crippen molar-refractivity contribution in [1.29, 1.82) is 0 Å². The molecule has 6 nitrogen and oxygen atoms in total. The lowest BCUT2D eigenvalue weighted by Crippen LogP contribution is -2.30. The third-order valence-corrected chi connectivity index (χ3v) is 5.74. The van der Waals surface area contributed by atoms with Crippen molar-refractivity contribution < 1.29 is 9.59 Å². The zero-order valence-electron chi connectivity index (χ0n) is 16.1. The molecule has 2 heterocycles. The van der Waals surface area contributed by atoms with Gasteiger partial charge in [0.2, 0.25) is 11.8 Å². The van der Waals surface area contributed by atoms with Crippen molar-refractivity contribution in [2.45, 2.75) is 25.8 Å². The lowest BCUT2D eigenvalue weighted by Gasteiger charge is -2.24. The standard InChI is InChI=1S/C22H20Cl2N4O2/c23-17-7-5-16(18(24)12-17)13-28-20(9-10-25-28)27-21(29)8-6-15-11-14-3-1-2-4-19(14)26-22(15)30/h1-5,7,9-10,12,15H,6,8,11,13H2,(H,26,30)(H,27,29)/t15-/m1/s1. The van der Waals surface area contributed by atoms with Gasteiger partial charge in [0, 0.05) is 34.1 Å². The average Bonchev–Trinajstić information content (AvgIpc) is 3.15. The van der Waals surface area contributed by atoms with E-state index in [1.54, 1.807) is 29.1 Å². The summed E-state index contributed by atoms with van der Waals surface area (Å²) in [5.41, 5.74) is 2.80. The molecule has 1 aliphatic rings. The third kappa shape index (κ3) is 4.66. The van der Waals surface area contributed by atoms with Crippen molar-refractivity contribution in [1.82, 2.24) is 9.78 Å². The Kier molecular flexibility index (Phi) is 6.06. The quantitative estimate of drug-likeness (QED) is 0.577. The maximum atomic E-state index is 12.5. The molecule has 0 aliphatic carbocycles. The molecule has 154 valence electrons. The van der Waals surface area contributed by atoms with Crippen molar-refractivity contribution >= 4 is 46.5 Å². The second kappa shape index (κ2) is 8.90. The van der Waals surface area contributed by atoms with E-state index in [-0.39, 0.29) is 24.2 Å². The van der Waals surface area contributed by atoms with Crippen LogP contribution in [0.3, 0.4) is 0 Å². The van der Waals surface area contributed by atoms with Crippen molar-refractivity contribution in [3.05, 3.63) is 75.9 Å². The zero-order valence-corrected chi connectivity index (χ0v) is 17.6. The number of nitrogens with one attached hydrogen (secondary N) is 2. The Balaban J connectivity index is 1.35. The molecule has 2 aromatic carbocycles. The first-order valence-corrected chi connectivity index (χ1v) is 10.4. The number of amides is 2. The summed E-state index contributed by atoms with van der Waals surface area (Å²) in [7, 11) is 0. The van der Waals surface area contributed by atoms with Crippen LogP contribution >= 0.6 is 23.2 Å². The SMILES string of the molecule is O=C(CC[C@@H]1Cc2ccccc2NC1=O)Nc1ccnn1Cc1ccc(Cl)cc1Cl.